The fraction of sp³-hybridized carbons (Fsp3) is 0.500. The van der Waals surface area contributed by atoms with Crippen LogP contribution in [-0.4, -0.2) is 16.6 Å². The number of hydrazine groups is 1. The lowest BCUT2D eigenvalue weighted by molar-refractivity contribution is 0.545. The van der Waals surface area contributed by atoms with Crippen LogP contribution in [0.5, 0.6) is 0 Å². The fourth-order valence-electron chi connectivity index (χ4n) is 1.17. The normalized spacial score (nSPS) is 10.6. The van der Waals surface area contributed by atoms with E-state index in [9.17, 15) is 9.59 Å². The molecule has 0 atom stereocenters. The van der Waals surface area contributed by atoms with Crippen molar-refractivity contribution < 1.29 is 0 Å². The van der Waals surface area contributed by atoms with Crippen LogP contribution in [0.1, 0.15) is 19.9 Å². The third-order valence-corrected chi connectivity index (χ3v) is 1.85. The van der Waals surface area contributed by atoms with E-state index in [4.69, 9.17) is 5.84 Å². The molecule has 0 aliphatic rings. The Bertz CT molecular complexity index is 398. The Labute approximate surface area is 80.9 Å². The van der Waals surface area contributed by atoms with Gasteiger partial charge in [-0.1, -0.05) is 0 Å². The van der Waals surface area contributed by atoms with Gasteiger partial charge in [-0.25, -0.2) is 10.6 Å². The molecular formula is C8H14N4O2. The second-order valence-corrected chi connectivity index (χ2v) is 3.37. The van der Waals surface area contributed by atoms with Gasteiger partial charge >= 0.3 is 5.69 Å². The summed E-state index contributed by atoms with van der Waals surface area (Å²) in [4.78, 5) is 25.4. The van der Waals surface area contributed by atoms with Crippen LogP contribution in [0, 0.1) is 0 Å². The van der Waals surface area contributed by atoms with E-state index in [1.807, 2.05) is 0 Å². The zero-order chi connectivity index (χ0) is 10.9. The number of nitrogens with one attached hydrogen (secondary N) is 1. The minimum Gasteiger partial charge on any atom is -0.299 e. The van der Waals surface area contributed by atoms with E-state index in [-0.39, 0.29) is 11.6 Å². The second kappa shape index (κ2) is 3.67. The Morgan fingerprint density at radius 2 is 2.07 bits per heavy atom. The molecule has 14 heavy (non-hydrogen) atoms. The molecule has 0 unspecified atom stereocenters. The highest BCUT2D eigenvalue weighted by Gasteiger charge is 2.07. The van der Waals surface area contributed by atoms with Crippen LogP contribution in [0.15, 0.2) is 15.7 Å². The second-order valence-electron chi connectivity index (χ2n) is 3.37. The van der Waals surface area contributed by atoms with E-state index in [1.165, 1.54) is 11.1 Å². The third-order valence-electron chi connectivity index (χ3n) is 1.85. The minimum atomic E-state index is -0.445. The minimum absolute atomic E-state index is 0.164. The van der Waals surface area contributed by atoms with Crippen LogP contribution >= 0.6 is 0 Å². The van der Waals surface area contributed by atoms with Crippen LogP contribution in [0.4, 0.5) is 5.82 Å². The first kappa shape index (κ1) is 10.5. The molecule has 0 saturated heterocycles. The fourth-order valence-corrected chi connectivity index (χ4v) is 1.17. The largest absolute Gasteiger partial charge is 0.330 e. The van der Waals surface area contributed by atoms with Crippen molar-refractivity contribution >= 4 is 5.82 Å². The molecule has 3 N–H and O–H groups in total. The summed E-state index contributed by atoms with van der Waals surface area (Å²) in [5.41, 5.74) is -0.796. The number of aromatic nitrogens is 2. The van der Waals surface area contributed by atoms with Gasteiger partial charge in [0, 0.05) is 19.2 Å². The smallest absolute Gasteiger partial charge is 0.299 e. The molecule has 0 fully saturated rings. The Hall–Kier alpha value is -1.56. The van der Waals surface area contributed by atoms with Crippen molar-refractivity contribution in [1.82, 2.24) is 9.55 Å². The van der Waals surface area contributed by atoms with Crippen LogP contribution < -0.4 is 22.1 Å². The summed E-state index contributed by atoms with van der Waals surface area (Å²) in [6.07, 6.45) is 0. The van der Waals surface area contributed by atoms with Gasteiger partial charge < -0.3 is 0 Å². The lowest BCUT2D eigenvalue weighted by Gasteiger charge is -2.13. The molecule has 1 heterocycles. The van der Waals surface area contributed by atoms with Gasteiger partial charge in [0.05, 0.1) is 0 Å². The van der Waals surface area contributed by atoms with E-state index in [2.05, 4.69) is 4.98 Å². The van der Waals surface area contributed by atoms with E-state index < -0.39 is 5.69 Å². The maximum atomic E-state index is 11.5. The number of H-pyrrole nitrogens is 1. The van der Waals surface area contributed by atoms with Crippen molar-refractivity contribution in [1.29, 1.82) is 0 Å². The number of hydrogen-bond acceptors (Lipinski definition) is 4. The standard InChI is InChI=1S/C8H14N4O2/c1-5(2)12-7(13)4-6(11(3)9)10-8(12)14/h4-5H,9H2,1-3H3,(H,10,14). The number of nitrogens with zero attached hydrogens (tertiary/aromatic N) is 2. The van der Waals surface area contributed by atoms with Crippen molar-refractivity contribution in [3.8, 4) is 0 Å². The molecule has 0 aliphatic carbocycles. The summed E-state index contributed by atoms with van der Waals surface area (Å²) in [5, 5.41) is 1.19. The topological polar surface area (TPSA) is 84.1 Å². The number of hydrogen-bond donors (Lipinski definition) is 2. The van der Waals surface area contributed by atoms with Crippen LogP contribution in [-0.2, 0) is 0 Å². The predicted molar refractivity (Wildman–Crippen MR) is 54.3 cm³/mol. The highest BCUT2D eigenvalue weighted by Crippen LogP contribution is 1.99. The molecule has 0 radical (unpaired) electrons. The van der Waals surface area contributed by atoms with Crippen molar-refractivity contribution in [3.63, 3.8) is 0 Å². The molecule has 1 rings (SSSR count). The van der Waals surface area contributed by atoms with Gasteiger partial charge in [0.1, 0.15) is 5.82 Å². The zero-order valence-electron chi connectivity index (χ0n) is 8.44. The quantitative estimate of drug-likeness (QED) is 0.492. The highest BCUT2D eigenvalue weighted by atomic mass is 16.2. The van der Waals surface area contributed by atoms with Crippen LogP contribution in [0.3, 0.4) is 0 Å². The molecule has 0 aromatic carbocycles. The van der Waals surface area contributed by atoms with Gasteiger partial charge in [0.15, 0.2) is 0 Å². The van der Waals surface area contributed by atoms with Gasteiger partial charge in [-0.3, -0.25) is 19.4 Å². The first-order valence-corrected chi connectivity index (χ1v) is 4.27. The van der Waals surface area contributed by atoms with E-state index in [0.717, 1.165) is 4.57 Å². The number of nitrogens with two attached hydrogens (primary N) is 1. The molecule has 78 valence electrons. The Morgan fingerprint density at radius 1 is 1.50 bits per heavy atom. The van der Waals surface area contributed by atoms with Crippen LogP contribution in [0.25, 0.3) is 0 Å². The summed E-state index contributed by atoms with van der Waals surface area (Å²) in [5.74, 6) is 5.70. The first-order valence-electron chi connectivity index (χ1n) is 4.27. The van der Waals surface area contributed by atoms with E-state index >= 15 is 0 Å². The maximum Gasteiger partial charge on any atom is 0.330 e. The van der Waals surface area contributed by atoms with Gasteiger partial charge in [-0.2, -0.15) is 0 Å². The maximum absolute atomic E-state index is 11.5. The predicted octanol–water partition coefficient (Wildman–Crippen LogP) is -0.573. The zero-order valence-corrected chi connectivity index (χ0v) is 8.44. The summed E-state index contributed by atoms with van der Waals surface area (Å²) < 4.78 is 1.13. The number of aromatic amines is 1. The average molecular weight is 198 g/mol. The molecule has 0 bridgehead atoms. The molecule has 0 saturated carbocycles. The van der Waals surface area contributed by atoms with Crippen molar-refractivity contribution in [3.05, 3.63) is 26.9 Å². The van der Waals surface area contributed by atoms with Gasteiger partial charge in [0.2, 0.25) is 0 Å². The Balaban J connectivity index is 3.41. The van der Waals surface area contributed by atoms with Crippen molar-refractivity contribution in [2.45, 2.75) is 19.9 Å². The Morgan fingerprint density at radius 3 is 2.43 bits per heavy atom. The van der Waals surface area contributed by atoms with E-state index in [0.29, 0.717) is 5.82 Å². The summed E-state index contributed by atoms with van der Waals surface area (Å²) in [6.45, 7) is 3.53. The SMILES string of the molecule is CC(C)n1c(=O)cc(N(C)N)[nH]c1=O. The molecule has 0 aliphatic heterocycles. The monoisotopic (exact) mass is 198 g/mol. The Kier molecular flexibility index (Phi) is 2.76. The lowest BCUT2D eigenvalue weighted by atomic mass is 10.4. The molecule has 0 spiro atoms. The first-order chi connectivity index (χ1) is 6.43. The molecule has 0 amide bonds. The van der Waals surface area contributed by atoms with Crippen LogP contribution in [0.2, 0.25) is 0 Å². The lowest BCUT2D eigenvalue weighted by Crippen LogP contribution is -2.39. The van der Waals surface area contributed by atoms with E-state index in [1.54, 1.807) is 20.9 Å². The average Bonchev–Trinajstić information content (AvgIpc) is 2.01. The summed E-state index contributed by atoms with van der Waals surface area (Å²) in [6, 6.07) is 1.13. The number of anilines is 1. The van der Waals surface area contributed by atoms with Gasteiger partial charge in [-0.05, 0) is 13.8 Å². The molecule has 1 aromatic rings. The summed E-state index contributed by atoms with van der Waals surface area (Å²) >= 11 is 0. The molecule has 6 nitrogen and oxygen atoms in total. The third kappa shape index (κ3) is 1.85. The number of rotatable bonds is 2. The molecule has 6 heteroatoms. The van der Waals surface area contributed by atoms with Crippen molar-refractivity contribution in [2.75, 3.05) is 12.1 Å². The summed E-state index contributed by atoms with van der Waals surface area (Å²) in [7, 11) is 1.55. The van der Waals surface area contributed by atoms with Gasteiger partial charge in [0.25, 0.3) is 5.56 Å². The molecular weight excluding hydrogens is 184 g/mol. The highest BCUT2D eigenvalue weighted by molar-refractivity contribution is 5.32. The van der Waals surface area contributed by atoms with Crippen molar-refractivity contribution in [2.24, 2.45) is 5.84 Å². The van der Waals surface area contributed by atoms with Gasteiger partial charge in [-0.15, -0.1) is 0 Å². The molecule has 1 aromatic heterocycles.